The Labute approximate surface area is 112 Å². The maximum atomic E-state index is 12.0. The van der Waals surface area contributed by atoms with Crippen LogP contribution in [0.15, 0.2) is 11.0 Å². The Bertz CT molecular complexity index is 474. The molecule has 1 aliphatic heterocycles. The average molecular weight is 271 g/mol. The maximum absolute atomic E-state index is 12.0. The Balaban J connectivity index is 2.29. The van der Waals surface area contributed by atoms with E-state index in [2.05, 4.69) is 22.2 Å². The van der Waals surface area contributed by atoms with E-state index in [9.17, 15) is 4.79 Å². The first-order valence-electron chi connectivity index (χ1n) is 6.37. The van der Waals surface area contributed by atoms with E-state index < -0.39 is 0 Å². The van der Waals surface area contributed by atoms with E-state index in [-0.39, 0.29) is 10.6 Å². The fraction of sp³-hybridized carbons (Fsp3) is 0.667. The van der Waals surface area contributed by atoms with Crippen molar-refractivity contribution in [2.45, 2.75) is 32.9 Å². The van der Waals surface area contributed by atoms with Crippen LogP contribution >= 0.6 is 11.6 Å². The molecule has 0 radical (unpaired) electrons. The second-order valence-corrected chi connectivity index (χ2v) is 5.05. The van der Waals surface area contributed by atoms with Crippen LogP contribution in [0, 0.1) is 0 Å². The number of nitrogens with zero attached hydrogens (tertiary/aromatic N) is 3. The number of halogens is 1. The monoisotopic (exact) mass is 270 g/mol. The SMILES string of the molecule is CCCn1ncc(N2CCN[C@H](C)C2)c(Cl)c1=O. The molecule has 0 unspecified atom stereocenters. The second kappa shape index (κ2) is 5.71. The second-order valence-electron chi connectivity index (χ2n) is 4.67. The topological polar surface area (TPSA) is 50.2 Å². The number of hydrogen-bond acceptors (Lipinski definition) is 4. The summed E-state index contributed by atoms with van der Waals surface area (Å²) in [5.74, 6) is 0. The Morgan fingerprint density at radius 3 is 3.06 bits per heavy atom. The number of hydrogen-bond donors (Lipinski definition) is 1. The molecule has 1 atom stereocenters. The molecule has 1 aromatic rings. The van der Waals surface area contributed by atoms with Crippen molar-refractivity contribution in [3.63, 3.8) is 0 Å². The van der Waals surface area contributed by atoms with Gasteiger partial charge < -0.3 is 10.2 Å². The molecular weight excluding hydrogens is 252 g/mol. The standard InChI is InChI=1S/C12H19ClN4O/c1-3-5-17-12(18)11(13)10(7-15-17)16-6-4-14-9(2)8-16/h7,9,14H,3-6,8H2,1-2H3/t9-/m1/s1. The molecule has 0 saturated carbocycles. The van der Waals surface area contributed by atoms with Gasteiger partial charge in [-0.15, -0.1) is 0 Å². The summed E-state index contributed by atoms with van der Waals surface area (Å²) in [4.78, 5) is 14.1. The zero-order chi connectivity index (χ0) is 13.1. The molecule has 2 rings (SSSR count). The lowest BCUT2D eigenvalue weighted by Crippen LogP contribution is -2.49. The molecule has 5 nitrogen and oxygen atoms in total. The predicted molar refractivity (Wildman–Crippen MR) is 73.5 cm³/mol. The maximum Gasteiger partial charge on any atom is 0.287 e. The van der Waals surface area contributed by atoms with Gasteiger partial charge >= 0.3 is 0 Å². The third kappa shape index (κ3) is 2.67. The fourth-order valence-corrected chi connectivity index (χ4v) is 2.46. The smallest absolute Gasteiger partial charge is 0.287 e. The van der Waals surface area contributed by atoms with Gasteiger partial charge in [0.05, 0.1) is 11.9 Å². The van der Waals surface area contributed by atoms with Crippen molar-refractivity contribution in [1.82, 2.24) is 15.1 Å². The quantitative estimate of drug-likeness (QED) is 0.894. The highest BCUT2D eigenvalue weighted by Gasteiger charge is 2.20. The summed E-state index contributed by atoms with van der Waals surface area (Å²) in [7, 11) is 0. The van der Waals surface area contributed by atoms with Gasteiger partial charge in [0, 0.05) is 32.2 Å². The lowest BCUT2D eigenvalue weighted by molar-refractivity contribution is 0.482. The van der Waals surface area contributed by atoms with Crippen LogP contribution in [-0.2, 0) is 6.54 Å². The van der Waals surface area contributed by atoms with Crippen LogP contribution in [0.2, 0.25) is 5.02 Å². The van der Waals surface area contributed by atoms with Gasteiger partial charge in [0.1, 0.15) is 5.02 Å². The molecule has 18 heavy (non-hydrogen) atoms. The third-order valence-electron chi connectivity index (χ3n) is 3.11. The van der Waals surface area contributed by atoms with E-state index in [1.54, 1.807) is 6.20 Å². The lowest BCUT2D eigenvalue weighted by atomic mass is 10.2. The van der Waals surface area contributed by atoms with Crippen molar-refractivity contribution in [3.8, 4) is 0 Å². The van der Waals surface area contributed by atoms with Gasteiger partial charge in [-0.1, -0.05) is 18.5 Å². The van der Waals surface area contributed by atoms with Gasteiger partial charge in [-0.3, -0.25) is 4.79 Å². The highest BCUT2D eigenvalue weighted by Crippen LogP contribution is 2.21. The fourth-order valence-electron chi connectivity index (χ4n) is 2.20. The average Bonchev–Trinajstić information content (AvgIpc) is 2.35. The Morgan fingerprint density at radius 1 is 1.61 bits per heavy atom. The summed E-state index contributed by atoms with van der Waals surface area (Å²) >= 11 is 6.18. The largest absolute Gasteiger partial charge is 0.366 e. The summed E-state index contributed by atoms with van der Waals surface area (Å²) < 4.78 is 1.43. The molecule has 6 heteroatoms. The summed E-state index contributed by atoms with van der Waals surface area (Å²) in [5.41, 5.74) is 0.560. The highest BCUT2D eigenvalue weighted by atomic mass is 35.5. The van der Waals surface area contributed by atoms with Crippen LogP contribution in [0.1, 0.15) is 20.3 Å². The lowest BCUT2D eigenvalue weighted by Gasteiger charge is -2.33. The number of anilines is 1. The van der Waals surface area contributed by atoms with Gasteiger partial charge in [-0.05, 0) is 13.3 Å². The van der Waals surface area contributed by atoms with E-state index in [1.165, 1.54) is 4.68 Å². The van der Waals surface area contributed by atoms with Crippen molar-refractivity contribution in [1.29, 1.82) is 0 Å². The number of nitrogens with one attached hydrogen (secondary N) is 1. The highest BCUT2D eigenvalue weighted by molar-refractivity contribution is 6.33. The summed E-state index contributed by atoms with van der Waals surface area (Å²) in [6.45, 7) is 7.33. The van der Waals surface area contributed by atoms with Crippen LogP contribution in [0.3, 0.4) is 0 Å². The first-order valence-corrected chi connectivity index (χ1v) is 6.75. The van der Waals surface area contributed by atoms with Crippen molar-refractivity contribution < 1.29 is 0 Å². The molecule has 0 aromatic carbocycles. The van der Waals surface area contributed by atoms with Gasteiger partial charge in [0.2, 0.25) is 0 Å². The van der Waals surface area contributed by atoms with Crippen molar-refractivity contribution in [2.24, 2.45) is 0 Å². The molecule has 0 amide bonds. The summed E-state index contributed by atoms with van der Waals surface area (Å²) in [6.07, 6.45) is 2.57. The molecule has 1 aromatic heterocycles. The van der Waals surface area contributed by atoms with Gasteiger partial charge in [-0.25, -0.2) is 4.68 Å². The van der Waals surface area contributed by atoms with Crippen LogP contribution < -0.4 is 15.8 Å². The van der Waals surface area contributed by atoms with E-state index in [0.717, 1.165) is 31.7 Å². The zero-order valence-electron chi connectivity index (χ0n) is 10.8. The van der Waals surface area contributed by atoms with Crippen LogP contribution in [-0.4, -0.2) is 35.5 Å². The summed E-state index contributed by atoms with van der Waals surface area (Å²) in [6, 6.07) is 0.396. The minimum Gasteiger partial charge on any atom is -0.366 e. The number of aromatic nitrogens is 2. The Hall–Kier alpha value is -1.07. The molecule has 1 fully saturated rings. The molecule has 100 valence electrons. The Kier molecular flexibility index (Phi) is 4.24. The number of aryl methyl sites for hydroxylation is 1. The minimum absolute atomic E-state index is 0.192. The third-order valence-corrected chi connectivity index (χ3v) is 3.47. The van der Waals surface area contributed by atoms with Gasteiger partial charge in [0.25, 0.3) is 5.56 Å². The molecule has 1 N–H and O–H groups in total. The van der Waals surface area contributed by atoms with Crippen LogP contribution in [0.4, 0.5) is 5.69 Å². The van der Waals surface area contributed by atoms with E-state index >= 15 is 0 Å². The molecule has 1 saturated heterocycles. The molecule has 1 aliphatic rings. The van der Waals surface area contributed by atoms with Crippen molar-refractivity contribution in [2.75, 3.05) is 24.5 Å². The normalized spacial score (nSPS) is 20.2. The van der Waals surface area contributed by atoms with E-state index in [0.29, 0.717) is 12.6 Å². The minimum atomic E-state index is -0.192. The van der Waals surface area contributed by atoms with Crippen LogP contribution in [0.25, 0.3) is 0 Å². The van der Waals surface area contributed by atoms with Crippen LogP contribution in [0.5, 0.6) is 0 Å². The van der Waals surface area contributed by atoms with Gasteiger partial charge in [0.15, 0.2) is 0 Å². The first-order chi connectivity index (χ1) is 8.63. The van der Waals surface area contributed by atoms with Crippen molar-refractivity contribution >= 4 is 17.3 Å². The molecular formula is C12H19ClN4O. The molecule has 0 bridgehead atoms. The van der Waals surface area contributed by atoms with E-state index in [1.807, 2.05) is 6.92 Å². The number of piperazine rings is 1. The zero-order valence-corrected chi connectivity index (χ0v) is 11.6. The molecule has 0 spiro atoms. The molecule has 0 aliphatic carbocycles. The Morgan fingerprint density at radius 2 is 2.39 bits per heavy atom. The van der Waals surface area contributed by atoms with Gasteiger partial charge in [-0.2, -0.15) is 5.10 Å². The number of rotatable bonds is 3. The predicted octanol–water partition coefficient (Wildman–Crippen LogP) is 1.10. The van der Waals surface area contributed by atoms with E-state index in [4.69, 9.17) is 11.6 Å². The summed E-state index contributed by atoms with van der Waals surface area (Å²) in [5, 5.41) is 7.83. The van der Waals surface area contributed by atoms with Crippen molar-refractivity contribution in [3.05, 3.63) is 21.6 Å². The molecule has 2 heterocycles. The first kappa shape index (κ1) is 13.4.